The molecule has 1 aliphatic rings. The van der Waals surface area contributed by atoms with Crippen LogP contribution in [0.4, 0.5) is 4.79 Å². The van der Waals surface area contributed by atoms with Gasteiger partial charge in [-0.2, -0.15) is 0 Å². The largest absolute Gasteiger partial charge is 0.411 e. The number of carbonyl (C=O) groups is 1. The van der Waals surface area contributed by atoms with Crippen molar-refractivity contribution in [3.05, 3.63) is 71.9 Å². The molecular formula is C30H32N6O4. The number of hydrogen-bond acceptors (Lipinski definition) is 7. The highest BCUT2D eigenvalue weighted by Crippen LogP contribution is 2.42. The molecule has 0 radical (unpaired) electrons. The summed E-state index contributed by atoms with van der Waals surface area (Å²) in [6.45, 7) is 5.00. The zero-order valence-corrected chi connectivity index (χ0v) is 22.7. The molecule has 10 nitrogen and oxygen atoms in total. The molecule has 1 amide bonds. The second-order valence-electron chi connectivity index (χ2n) is 10.8. The van der Waals surface area contributed by atoms with Crippen LogP contribution in [0.5, 0.6) is 5.88 Å². The van der Waals surface area contributed by atoms with Crippen LogP contribution in [-0.4, -0.2) is 49.0 Å². The number of nitrogens with zero attached hydrogens (tertiary/aromatic N) is 5. The third kappa shape index (κ3) is 4.59. The average molecular weight is 541 g/mol. The van der Waals surface area contributed by atoms with Gasteiger partial charge in [0.15, 0.2) is 0 Å². The smallest absolute Gasteiger partial charge is 0.387 e. The normalized spacial score (nSPS) is 15.5. The summed E-state index contributed by atoms with van der Waals surface area (Å²) in [5.41, 5.74) is 10.2. The fraction of sp³-hybridized carbons (Fsp3) is 0.333. The fourth-order valence-corrected chi connectivity index (χ4v) is 5.84. The van der Waals surface area contributed by atoms with Gasteiger partial charge in [0.05, 0.1) is 28.2 Å². The second kappa shape index (κ2) is 10.0. The maximum Gasteiger partial charge on any atom is 0.411 e. The SMILES string of the molecule is Cn1nnc(OC(N)=O)c1-c1cnc2c3ccc(C(C)(C)O)cc3n([C@H](c3ccccc3)C3CCOCC3)c2c1. The molecule has 1 fully saturated rings. The van der Waals surface area contributed by atoms with Gasteiger partial charge in [-0.05, 0) is 55.9 Å². The number of aryl methyl sites for hydroxylation is 1. The number of nitrogens with two attached hydrogens (primary N) is 1. The van der Waals surface area contributed by atoms with Gasteiger partial charge in [-0.15, -0.1) is 0 Å². The van der Waals surface area contributed by atoms with E-state index >= 15 is 0 Å². The molecule has 0 saturated carbocycles. The van der Waals surface area contributed by atoms with E-state index in [1.54, 1.807) is 27.1 Å². The van der Waals surface area contributed by atoms with Crippen LogP contribution >= 0.6 is 0 Å². The van der Waals surface area contributed by atoms with Gasteiger partial charge in [0.2, 0.25) is 0 Å². The van der Waals surface area contributed by atoms with Crippen LogP contribution in [0, 0.1) is 5.92 Å². The fourth-order valence-electron chi connectivity index (χ4n) is 5.84. The predicted molar refractivity (Wildman–Crippen MR) is 151 cm³/mol. The van der Waals surface area contributed by atoms with E-state index in [-0.39, 0.29) is 11.9 Å². The first-order chi connectivity index (χ1) is 19.2. The first kappa shape index (κ1) is 26.0. The molecule has 206 valence electrons. The van der Waals surface area contributed by atoms with E-state index < -0.39 is 11.7 Å². The monoisotopic (exact) mass is 540 g/mol. The molecule has 5 aromatic rings. The van der Waals surface area contributed by atoms with Gasteiger partial charge in [-0.1, -0.05) is 52.8 Å². The minimum Gasteiger partial charge on any atom is -0.387 e. The number of amides is 1. The number of aromatic nitrogens is 5. The standard InChI is InChI=1S/C30H32N6O4/c1-30(2,38)21-9-10-22-23(16-21)36(26(18-7-5-4-6-8-18)19-11-13-39-14-12-19)24-15-20(17-32-25(22)24)27-28(40-29(31)37)33-34-35(27)3/h4-10,15-17,19,26,38H,11-14H2,1-3H3,(H2,31,37)/t26-/m1/s1. The van der Waals surface area contributed by atoms with Crippen molar-refractivity contribution in [2.24, 2.45) is 18.7 Å². The molecule has 3 N–H and O–H groups in total. The number of fused-ring (bicyclic) bond motifs is 3. The number of hydrogen-bond donors (Lipinski definition) is 2. The number of pyridine rings is 1. The van der Waals surface area contributed by atoms with Crippen LogP contribution in [-0.2, 0) is 17.4 Å². The Morgan fingerprint density at radius 2 is 1.88 bits per heavy atom. The van der Waals surface area contributed by atoms with Crippen molar-refractivity contribution >= 4 is 28.0 Å². The highest BCUT2D eigenvalue weighted by molar-refractivity contribution is 6.07. The van der Waals surface area contributed by atoms with Crippen molar-refractivity contribution in [3.8, 4) is 17.1 Å². The van der Waals surface area contributed by atoms with Crippen LogP contribution in [0.2, 0.25) is 0 Å². The lowest BCUT2D eigenvalue weighted by Crippen LogP contribution is -2.27. The topological polar surface area (TPSA) is 130 Å². The molecule has 10 heteroatoms. The Balaban J connectivity index is 1.67. The Hall–Kier alpha value is -4.28. The molecule has 0 bridgehead atoms. The van der Waals surface area contributed by atoms with E-state index in [0.717, 1.165) is 40.3 Å². The van der Waals surface area contributed by atoms with Crippen LogP contribution in [0.3, 0.4) is 0 Å². The summed E-state index contributed by atoms with van der Waals surface area (Å²) >= 11 is 0. The van der Waals surface area contributed by atoms with Gasteiger partial charge in [0, 0.05) is 37.4 Å². The number of aliphatic hydroxyl groups is 1. The second-order valence-corrected chi connectivity index (χ2v) is 10.8. The van der Waals surface area contributed by atoms with Crippen molar-refractivity contribution in [1.29, 1.82) is 0 Å². The van der Waals surface area contributed by atoms with Crippen LogP contribution in [0.1, 0.15) is 43.9 Å². The Kier molecular flexibility index (Phi) is 6.52. The number of rotatable bonds is 6. The molecule has 0 aliphatic carbocycles. The quantitative estimate of drug-likeness (QED) is 0.320. The third-order valence-electron chi connectivity index (χ3n) is 7.74. The lowest BCUT2D eigenvalue weighted by atomic mass is 9.86. The number of benzene rings is 2. The molecule has 4 heterocycles. The summed E-state index contributed by atoms with van der Waals surface area (Å²) in [5.74, 6) is 0.337. The summed E-state index contributed by atoms with van der Waals surface area (Å²) in [5, 5.41) is 19.9. The van der Waals surface area contributed by atoms with Crippen LogP contribution in [0.15, 0.2) is 60.8 Å². The van der Waals surface area contributed by atoms with Gasteiger partial charge in [-0.25, -0.2) is 9.48 Å². The molecule has 1 aliphatic heterocycles. The summed E-state index contributed by atoms with van der Waals surface area (Å²) in [4.78, 5) is 16.5. The number of primary amides is 1. The Morgan fingerprint density at radius 1 is 1.12 bits per heavy atom. The first-order valence-electron chi connectivity index (χ1n) is 13.4. The van der Waals surface area contributed by atoms with Crippen molar-refractivity contribution in [2.45, 2.75) is 38.3 Å². The molecule has 3 aromatic heterocycles. The lowest BCUT2D eigenvalue weighted by molar-refractivity contribution is 0.0552. The molecule has 40 heavy (non-hydrogen) atoms. The van der Waals surface area contributed by atoms with Crippen LogP contribution in [0.25, 0.3) is 33.2 Å². The summed E-state index contributed by atoms with van der Waals surface area (Å²) < 4.78 is 14.8. The van der Waals surface area contributed by atoms with Gasteiger partial charge in [0.25, 0.3) is 5.88 Å². The summed E-state index contributed by atoms with van der Waals surface area (Å²) in [6.07, 6.45) is 2.60. The first-order valence-corrected chi connectivity index (χ1v) is 13.4. The maximum absolute atomic E-state index is 11.6. The van der Waals surface area contributed by atoms with E-state index in [2.05, 4.69) is 45.2 Å². The van der Waals surface area contributed by atoms with Crippen molar-refractivity contribution < 1.29 is 19.4 Å². The highest BCUT2D eigenvalue weighted by Gasteiger charge is 2.31. The molecule has 0 spiro atoms. The van der Waals surface area contributed by atoms with E-state index in [4.69, 9.17) is 20.2 Å². The molecule has 1 atom stereocenters. The molecule has 6 rings (SSSR count). The highest BCUT2D eigenvalue weighted by atomic mass is 16.6. The van der Waals surface area contributed by atoms with Gasteiger partial charge < -0.3 is 24.9 Å². The van der Waals surface area contributed by atoms with Crippen molar-refractivity contribution in [1.82, 2.24) is 24.5 Å². The van der Waals surface area contributed by atoms with Crippen LogP contribution < -0.4 is 10.5 Å². The summed E-state index contributed by atoms with van der Waals surface area (Å²) in [6, 6.07) is 18.6. The van der Waals surface area contributed by atoms with Gasteiger partial charge in [-0.3, -0.25) is 4.98 Å². The minimum absolute atomic E-state index is 0.00907. The van der Waals surface area contributed by atoms with E-state index in [1.165, 1.54) is 10.2 Å². The third-order valence-corrected chi connectivity index (χ3v) is 7.74. The Labute approximate surface area is 231 Å². The lowest BCUT2D eigenvalue weighted by Gasteiger charge is -2.33. The molecule has 1 saturated heterocycles. The minimum atomic E-state index is -1.02. The van der Waals surface area contributed by atoms with E-state index in [0.29, 0.717) is 30.4 Å². The zero-order chi connectivity index (χ0) is 28.0. The molecule has 0 unspecified atom stereocenters. The Morgan fingerprint density at radius 3 is 2.58 bits per heavy atom. The van der Waals surface area contributed by atoms with Crippen molar-refractivity contribution in [3.63, 3.8) is 0 Å². The number of carbonyl (C=O) groups excluding carboxylic acids is 1. The summed E-state index contributed by atoms with van der Waals surface area (Å²) in [7, 11) is 1.72. The zero-order valence-electron chi connectivity index (χ0n) is 22.7. The molecule has 2 aromatic carbocycles. The number of ether oxygens (including phenoxy) is 2. The average Bonchev–Trinajstić information content (AvgIpc) is 3.45. The van der Waals surface area contributed by atoms with E-state index in [1.807, 2.05) is 24.3 Å². The van der Waals surface area contributed by atoms with Gasteiger partial charge >= 0.3 is 6.09 Å². The molecular weight excluding hydrogens is 508 g/mol. The van der Waals surface area contributed by atoms with Gasteiger partial charge in [0.1, 0.15) is 5.69 Å². The predicted octanol–water partition coefficient (Wildman–Crippen LogP) is 4.69. The Bertz CT molecular complexity index is 1700. The van der Waals surface area contributed by atoms with E-state index in [9.17, 15) is 9.90 Å². The maximum atomic E-state index is 11.6. The van der Waals surface area contributed by atoms with Crippen molar-refractivity contribution in [2.75, 3.05) is 13.2 Å².